The molecule has 0 spiro atoms. The average molecular weight is 425 g/mol. The van der Waals surface area contributed by atoms with Crippen LogP contribution in [-0.4, -0.2) is 51.5 Å². The topological polar surface area (TPSA) is 125 Å². The van der Waals surface area contributed by atoms with Gasteiger partial charge in [-0.15, -0.1) is 0 Å². The largest absolute Gasteiger partial charge is 0.394 e. The van der Waals surface area contributed by atoms with Crippen LogP contribution in [0.3, 0.4) is 0 Å². The SMILES string of the molecule is O=CN(CCc1cccc2ccccc12)c1cn([C@H]2C[C@H](O)[C@@H](CO)O2)c(=O)[nH]c1=O. The summed E-state index contributed by atoms with van der Waals surface area (Å²) in [5, 5.41) is 21.4. The van der Waals surface area contributed by atoms with E-state index in [2.05, 4.69) is 4.98 Å². The van der Waals surface area contributed by atoms with Crippen LogP contribution in [0.15, 0.2) is 58.3 Å². The van der Waals surface area contributed by atoms with Crippen molar-refractivity contribution in [3.8, 4) is 0 Å². The van der Waals surface area contributed by atoms with Gasteiger partial charge in [-0.05, 0) is 22.8 Å². The van der Waals surface area contributed by atoms with Gasteiger partial charge in [-0.1, -0.05) is 42.5 Å². The van der Waals surface area contributed by atoms with Crippen LogP contribution >= 0.6 is 0 Å². The highest BCUT2D eigenvalue weighted by atomic mass is 16.5. The molecule has 162 valence electrons. The maximum absolute atomic E-state index is 12.4. The summed E-state index contributed by atoms with van der Waals surface area (Å²) in [5.74, 6) is 0. The Hall–Kier alpha value is -3.27. The van der Waals surface area contributed by atoms with E-state index < -0.39 is 36.3 Å². The molecule has 1 aliphatic heterocycles. The van der Waals surface area contributed by atoms with Gasteiger partial charge in [0, 0.05) is 19.2 Å². The lowest BCUT2D eigenvalue weighted by Gasteiger charge is -2.20. The van der Waals surface area contributed by atoms with Crippen LogP contribution in [0.4, 0.5) is 5.69 Å². The normalized spacial score (nSPS) is 20.8. The van der Waals surface area contributed by atoms with Crippen molar-refractivity contribution < 1.29 is 19.7 Å². The van der Waals surface area contributed by atoms with E-state index in [1.54, 1.807) is 0 Å². The first-order chi connectivity index (χ1) is 15.0. The van der Waals surface area contributed by atoms with Crippen molar-refractivity contribution in [2.75, 3.05) is 18.1 Å². The van der Waals surface area contributed by atoms with E-state index in [4.69, 9.17) is 4.74 Å². The van der Waals surface area contributed by atoms with Crippen molar-refractivity contribution in [3.63, 3.8) is 0 Å². The molecule has 1 amide bonds. The maximum atomic E-state index is 12.4. The molecule has 0 radical (unpaired) electrons. The van der Waals surface area contributed by atoms with Crippen molar-refractivity contribution in [1.82, 2.24) is 9.55 Å². The number of carbonyl (C=O) groups is 1. The van der Waals surface area contributed by atoms with Gasteiger partial charge in [0.1, 0.15) is 18.0 Å². The number of benzene rings is 2. The molecule has 9 heteroatoms. The lowest BCUT2D eigenvalue weighted by Crippen LogP contribution is -2.37. The minimum Gasteiger partial charge on any atom is -0.394 e. The van der Waals surface area contributed by atoms with Crippen LogP contribution in [-0.2, 0) is 16.0 Å². The number of hydrogen-bond donors (Lipinski definition) is 3. The van der Waals surface area contributed by atoms with Gasteiger partial charge in [-0.25, -0.2) is 4.79 Å². The number of ether oxygens (including phenoxy) is 1. The fourth-order valence-corrected chi connectivity index (χ4v) is 3.92. The van der Waals surface area contributed by atoms with E-state index in [1.807, 2.05) is 42.5 Å². The minimum absolute atomic E-state index is 0.000347. The smallest absolute Gasteiger partial charge is 0.330 e. The van der Waals surface area contributed by atoms with Gasteiger partial charge >= 0.3 is 5.69 Å². The first kappa shape index (κ1) is 21.0. The summed E-state index contributed by atoms with van der Waals surface area (Å²) < 4.78 is 6.64. The summed E-state index contributed by atoms with van der Waals surface area (Å²) >= 11 is 0. The third-order valence-electron chi connectivity index (χ3n) is 5.58. The number of nitrogens with one attached hydrogen (secondary N) is 1. The zero-order valence-corrected chi connectivity index (χ0v) is 16.7. The number of aliphatic hydroxyl groups is 2. The number of anilines is 1. The molecule has 0 saturated carbocycles. The molecule has 1 saturated heterocycles. The van der Waals surface area contributed by atoms with Crippen LogP contribution in [0.25, 0.3) is 10.8 Å². The number of aliphatic hydroxyl groups excluding tert-OH is 2. The Balaban J connectivity index is 1.60. The highest BCUT2D eigenvalue weighted by molar-refractivity contribution is 5.85. The summed E-state index contributed by atoms with van der Waals surface area (Å²) in [4.78, 5) is 39.9. The van der Waals surface area contributed by atoms with Crippen molar-refractivity contribution >= 4 is 22.9 Å². The molecule has 2 heterocycles. The van der Waals surface area contributed by atoms with Gasteiger partial charge in [-0.2, -0.15) is 0 Å². The molecule has 3 aromatic rings. The van der Waals surface area contributed by atoms with Crippen molar-refractivity contribution in [3.05, 3.63) is 75.1 Å². The number of amides is 1. The molecule has 0 aliphatic carbocycles. The van der Waals surface area contributed by atoms with Gasteiger partial charge in [0.2, 0.25) is 6.41 Å². The van der Waals surface area contributed by atoms with Crippen molar-refractivity contribution in [2.24, 2.45) is 0 Å². The Morgan fingerprint density at radius 3 is 2.71 bits per heavy atom. The van der Waals surface area contributed by atoms with Crippen LogP contribution in [0.1, 0.15) is 18.2 Å². The third kappa shape index (κ3) is 4.15. The summed E-state index contributed by atoms with van der Waals surface area (Å²) in [6.45, 7) is -0.166. The molecule has 1 aliphatic rings. The third-order valence-corrected chi connectivity index (χ3v) is 5.58. The number of aromatic amines is 1. The van der Waals surface area contributed by atoms with E-state index >= 15 is 0 Å². The van der Waals surface area contributed by atoms with E-state index in [0.29, 0.717) is 12.8 Å². The molecular formula is C22H23N3O6. The second-order valence-electron chi connectivity index (χ2n) is 7.48. The standard InChI is InChI=1S/C22H23N3O6/c26-12-19-18(28)10-20(31-19)25-11-17(21(29)23-22(25)30)24(13-27)9-8-15-6-3-5-14-4-1-2-7-16(14)15/h1-7,11,13,18-20,26,28H,8-10,12H2,(H,23,29,30)/t18-,19+,20+/m0/s1. The fourth-order valence-electron chi connectivity index (χ4n) is 3.92. The highest BCUT2D eigenvalue weighted by Crippen LogP contribution is 2.28. The van der Waals surface area contributed by atoms with Gasteiger partial charge in [0.05, 0.1) is 12.7 Å². The zero-order valence-electron chi connectivity index (χ0n) is 16.7. The molecular weight excluding hydrogens is 402 g/mol. The maximum Gasteiger partial charge on any atom is 0.330 e. The van der Waals surface area contributed by atoms with Crippen LogP contribution in [0, 0.1) is 0 Å². The predicted molar refractivity (Wildman–Crippen MR) is 114 cm³/mol. The molecule has 3 atom stereocenters. The van der Waals surface area contributed by atoms with E-state index in [-0.39, 0.29) is 18.7 Å². The first-order valence-electron chi connectivity index (χ1n) is 10.00. The highest BCUT2D eigenvalue weighted by Gasteiger charge is 2.35. The Morgan fingerprint density at radius 2 is 1.97 bits per heavy atom. The summed E-state index contributed by atoms with van der Waals surface area (Å²) in [6.07, 6.45) is -0.229. The summed E-state index contributed by atoms with van der Waals surface area (Å²) in [7, 11) is 0. The van der Waals surface area contributed by atoms with E-state index in [0.717, 1.165) is 20.9 Å². The second kappa shape index (κ2) is 8.84. The lowest BCUT2D eigenvalue weighted by molar-refractivity contribution is -0.107. The molecule has 2 aromatic carbocycles. The van der Waals surface area contributed by atoms with E-state index in [9.17, 15) is 24.6 Å². The van der Waals surface area contributed by atoms with Crippen molar-refractivity contribution in [1.29, 1.82) is 0 Å². The summed E-state index contributed by atoms with van der Waals surface area (Å²) in [5.41, 5.74) is -0.379. The van der Waals surface area contributed by atoms with E-state index in [1.165, 1.54) is 11.1 Å². The van der Waals surface area contributed by atoms with Gasteiger partial charge in [0.25, 0.3) is 5.56 Å². The molecule has 4 rings (SSSR count). The predicted octanol–water partition coefficient (Wildman–Crippen LogP) is 0.536. The number of hydrogen-bond acceptors (Lipinski definition) is 6. The number of rotatable bonds is 7. The first-order valence-corrected chi connectivity index (χ1v) is 10.00. The van der Waals surface area contributed by atoms with Crippen LogP contribution in [0.2, 0.25) is 0 Å². The second-order valence-corrected chi connectivity index (χ2v) is 7.48. The fraction of sp³-hybridized carbons (Fsp3) is 0.318. The molecule has 0 unspecified atom stereocenters. The molecule has 3 N–H and O–H groups in total. The number of H-pyrrole nitrogens is 1. The molecule has 1 fully saturated rings. The Kier molecular flexibility index (Phi) is 5.99. The van der Waals surface area contributed by atoms with Gasteiger partial charge < -0.3 is 19.8 Å². The van der Waals surface area contributed by atoms with Gasteiger partial charge in [0.15, 0.2) is 0 Å². The monoisotopic (exact) mass is 425 g/mol. The van der Waals surface area contributed by atoms with Gasteiger partial charge in [-0.3, -0.25) is 19.1 Å². The number of nitrogens with zero attached hydrogens (tertiary/aromatic N) is 2. The Morgan fingerprint density at radius 1 is 1.19 bits per heavy atom. The molecule has 1 aromatic heterocycles. The average Bonchev–Trinajstić information content (AvgIpc) is 3.15. The lowest BCUT2D eigenvalue weighted by atomic mass is 10.0. The summed E-state index contributed by atoms with van der Waals surface area (Å²) in [6, 6.07) is 13.8. The number of carbonyl (C=O) groups excluding carboxylic acids is 1. The van der Waals surface area contributed by atoms with Crippen LogP contribution in [0.5, 0.6) is 0 Å². The van der Waals surface area contributed by atoms with Crippen LogP contribution < -0.4 is 16.1 Å². The Labute approximate surface area is 177 Å². The minimum atomic E-state index is -0.939. The Bertz CT molecular complexity index is 1200. The number of fused-ring (bicyclic) bond motifs is 1. The molecule has 31 heavy (non-hydrogen) atoms. The molecule has 9 nitrogen and oxygen atoms in total. The van der Waals surface area contributed by atoms with Crippen molar-refractivity contribution in [2.45, 2.75) is 31.3 Å². The quantitative estimate of drug-likeness (QED) is 0.475. The zero-order chi connectivity index (χ0) is 22.0. The molecule has 0 bridgehead atoms. The number of aromatic nitrogens is 2.